The average molecular weight is 493 g/mol. The number of hydrogen-bond acceptors (Lipinski definition) is 2. The molecule has 0 radical (unpaired) electrons. The zero-order valence-corrected chi connectivity index (χ0v) is 21.2. The average Bonchev–Trinajstić information content (AvgIpc) is 3.56. The highest BCUT2D eigenvalue weighted by Crippen LogP contribution is 2.40. The third-order valence-corrected chi connectivity index (χ3v) is 8.38. The number of nitrogens with zero attached hydrogens (tertiary/aromatic N) is 4. The predicted molar refractivity (Wildman–Crippen MR) is 156 cm³/mol. The van der Waals surface area contributed by atoms with E-state index in [1.807, 2.05) is 0 Å². The van der Waals surface area contributed by atoms with Crippen LogP contribution in [0, 0.1) is 5.92 Å². The second-order valence-electron chi connectivity index (χ2n) is 10.6. The highest BCUT2D eigenvalue weighted by molar-refractivity contribution is 5.91. The van der Waals surface area contributed by atoms with Crippen LogP contribution in [0.5, 0.6) is 0 Å². The number of aromatic nitrogens is 4. The lowest BCUT2D eigenvalue weighted by Gasteiger charge is -2.27. The Hall–Kier alpha value is -4.44. The Morgan fingerprint density at radius 3 is 2.61 bits per heavy atom. The summed E-state index contributed by atoms with van der Waals surface area (Å²) < 4.78 is 4.66. The number of allylic oxidation sites excluding steroid dienone is 7. The summed E-state index contributed by atoms with van der Waals surface area (Å²) in [6.45, 7) is 0. The van der Waals surface area contributed by atoms with Crippen LogP contribution in [-0.4, -0.2) is 19.3 Å². The number of benzene rings is 3. The van der Waals surface area contributed by atoms with Gasteiger partial charge >= 0.3 is 0 Å². The summed E-state index contributed by atoms with van der Waals surface area (Å²) in [5, 5.41) is 13.6. The van der Waals surface area contributed by atoms with Gasteiger partial charge in [0, 0.05) is 16.6 Å². The minimum Gasteiger partial charge on any atom is -0.278 e. The van der Waals surface area contributed by atoms with E-state index in [1.54, 1.807) is 0 Å². The fourth-order valence-corrected chi connectivity index (χ4v) is 6.51. The van der Waals surface area contributed by atoms with Crippen molar-refractivity contribution in [2.24, 2.45) is 5.92 Å². The third-order valence-electron chi connectivity index (χ3n) is 8.38. The van der Waals surface area contributed by atoms with Crippen LogP contribution in [0.15, 0.2) is 103 Å². The molecule has 2 heterocycles. The van der Waals surface area contributed by atoms with Crippen LogP contribution >= 0.6 is 0 Å². The lowest BCUT2D eigenvalue weighted by molar-refractivity contribution is 0.563. The molecule has 0 saturated heterocycles. The molecule has 4 nitrogen and oxygen atoms in total. The standard InChI is InChI=1S/C34H28N4/c1-3-11-25-21-27(18-17-23(25)9-1)33-35-36-34(37(33)28-20-19-24-10-2-4-12-26(24)22-28)38-31-15-7-5-13-29(31)30-14-6-8-16-32(30)38/h1-3,5,7-11,13,15-21,26H,4,6,12,14,22H2. The summed E-state index contributed by atoms with van der Waals surface area (Å²) in [7, 11) is 0. The Labute approximate surface area is 221 Å². The Morgan fingerprint density at radius 1 is 0.763 bits per heavy atom. The zero-order chi connectivity index (χ0) is 25.1. The number of aryl methyl sites for hydroxylation is 1. The van der Waals surface area contributed by atoms with E-state index in [0.29, 0.717) is 5.92 Å². The van der Waals surface area contributed by atoms with E-state index in [1.165, 1.54) is 50.6 Å². The van der Waals surface area contributed by atoms with E-state index in [0.717, 1.165) is 43.0 Å². The number of fused-ring (bicyclic) bond motifs is 5. The summed E-state index contributed by atoms with van der Waals surface area (Å²) in [6, 6.07) is 23.9. The molecule has 0 N–H and O–H groups in total. The Kier molecular flexibility index (Phi) is 4.87. The maximum Gasteiger partial charge on any atom is 0.241 e. The molecule has 0 fully saturated rings. The molecule has 1 atom stereocenters. The highest BCUT2D eigenvalue weighted by Gasteiger charge is 2.28. The molecule has 3 aromatic carbocycles. The van der Waals surface area contributed by atoms with Gasteiger partial charge in [-0.2, -0.15) is 0 Å². The number of rotatable bonds is 3. The van der Waals surface area contributed by atoms with E-state index in [4.69, 9.17) is 10.2 Å². The summed E-state index contributed by atoms with van der Waals surface area (Å²) in [6.07, 6.45) is 19.2. The number of para-hydroxylation sites is 1. The van der Waals surface area contributed by atoms with Gasteiger partial charge in [0.1, 0.15) is 0 Å². The smallest absolute Gasteiger partial charge is 0.241 e. The van der Waals surface area contributed by atoms with Gasteiger partial charge < -0.3 is 0 Å². The van der Waals surface area contributed by atoms with Crippen molar-refractivity contribution in [3.05, 3.63) is 114 Å². The normalized spacial score (nSPS) is 18.4. The van der Waals surface area contributed by atoms with Gasteiger partial charge in [-0.25, -0.2) is 0 Å². The van der Waals surface area contributed by atoms with Crippen molar-refractivity contribution in [2.75, 3.05) is 0 Å². The Morgan fingerprint density at radius 2 is 1.63 bits per heavy atom. The molecule has 8 rings (SSSR count). The molecule has 0 spiro atoms. The van der Waals surface area contributed by atoms with Gasteiger partial charge in [0.2, 0.25) is 5.95 Å². The molecule has 1 unspecified atom stereocenters. The first-order valence-electron chi connectivity index (χ1n) is 13.7. The van der Waals surface area contributed by atoms with Gasteiger partial charge in [-0.3, -0.25) is 9.13 Å². The van der Waals surface area contributed by atoms with Crippen molar-refractivity contribution in [1.82, 2.24) is 19.3 Å². The molecule has 5 aromatic rings. The van der Waals surface area contributed by atoms with Crippen LogP contribution in [-0.2, 0) is 6.42 Å². The van der Waals surface area contributed by atoms with Crippen molar-refractivity contribution in [1.29, 1.82) is 0 Å². The number of hydrogen-bond donors (Lipinski definition) is 0. The second kappa shape index (κ2) is 8.56. The van der Waals surface area contributed by atoms with Gasteiger partial charge in [-0.15, -0.1) is 10.2 Å². The molecule has 3 aliphatic carbocycles. The first-order valence-corrected chi connectivity index (χ1v) is 13.7. The Bertz CT molecular complexity index is 1860. The molecule has 0 bridgehead atoms. The summed E-state index contributed by atoms with van der Waals surface area (Å²) >= 11 is 0. The van der Waals surface area contributed by atoms with E-state index in [-0.39, 0.29) is 0 Å². The molecule has 3 aliphatic rings. The molecule has 38 heavy (non-hydrogen) atoms. The fourth-order valence-electron chi connectivity index (χ4n) is 6.51. The lowest BCUT2D eigenvalue weighted by Crippen LogP contribution is -2.16. The van der Waals surface area contributed by atoms with Crippen molar-refractivity contribution in [3.8, 4) is 17.3 Å². The molecule has 4 heteroatoms. The van der Waals surface area contributed by atoms with Crippen molar-refractivity contribution in [3.63, 3.8) is 0 Å². The predicted octanol–water partition coefficient (Wildman–Crippen LogP) is 8.14. The van der Waals surface area contributed by atoms with Crippen molar-refractivity contribution in [2.45, 2.75) is 32.1 Å². The highest BCUT2D eigenvalue weighted by atomic mass is 15.4. The molecular weight excluding hydrogens is 464 g/mol. The van der Waals surface area contributed by atoms with E-state index in [2.05, 4.69) is 112 Å². The van der Waals surface area contributed by atoms with E-state index in [9.17, 15) is 0 Å². The topological polar surface area (TPSA) is 35.6 Å². The quantitative estimate of drug-likeness (QED) is 0.255. The molecule has 2 aromatic heterocycles. The van der Waals surface area contributed by atoms with E-state index < -0.39 is 0 Å². The first-order chi connectivity index (χ1) is 18.8. The van der Waals surface area contributed by atoms with Gasteiger partial charge in [-0.05, 0) is 84.2 Å². The molecule has 184 valence electrons. The summed E-state index contributed by atoms with van der Waals surface area (Å²) in [5.74, 6) is 2.30. The van der Waals surface area contributed by atoms with Crippen LogP contribution in [0.4, 0.5) is 0 Å². The summed E-state index contributed by atoms with van der Waals surface area (Å²) in [4.78, 5) is 0. The van der Waals surface area contributed by atoms with Crippen LogP contribution in [0.1, 0.15) is 36.9 Å². The van der Waals surface area contributed by atoms with Gasteiger partial charge in [0.25, 0.3) is 0 Å². The molecule has 0 aliphatic heterocycles. The molecule has 0 amide bonds. The van der Waals surface area contributed by atoms with Crippen molar-refractivity contribution < 1.29 is 0 Å². The largest absolute Gasteiger partial charge is 0.278 e. The minimum atomic E-state index is 0.537. The lowest BCUT2D eigenvalue weighted by atomic mass is 9.82. The van der Waals surface area contributed by atoms with Crippen molar-refractivity contribution >= 4 is 33.4 Å². The molecule has 0 saturated carbocycles. The van der Waals surface area contributed by atoms with Gasteiger partial charge in [0.15, 0.2) is 5.82 Å². The maximum atomic E-state index is 4.92. The molecular formula is C34H28N4. The first kappa shape index (κ1) is 21.6. The zero-order valence-electron chi connectivity index (χ0n) is 21.2. The van der Waals surface area contributed by atoms with E-state index >= 15 is 0 Å². The fraction of sp³-hybridized carbons (Fsp3) is 0.176. The van der Waals surface area contributed by atoms with Crippen LogP contribution in [0.2, 0.25) is 0 Å². The Balaban J connectivity index is 1.40. The summed E-state index contributed by atoms with van der Waals surface area (Å²) in [5.41, 5.74) is 7.60. The monoisotopic (exact) mass is 492 g/mol. The van der Waals surface area contributed by atoms with Gasteiger partial charge in [0.05, 0.1) is 11.2 Å². The van der Waals surface area contributed by atoms with Crippen LogP contribution in [0.3, 0.4) is 0 Å². The van der Waals surface area contributed by atoms with Crippen LogP contribution in [0.25, 0.3) is 50.8 Å². The maximum absolute atomic E-state index is 4.92. The van der Waals surface area contributed by atoms with Crippen LogP contribution < -0.4 is 0 Å². The minimum absolute atomic E-state index is 0.537. The SMILES string of the molecule is C1=Cc2c(c3ccccc3n2-c2nnc(-c3ccc4ccccc4c3)n2C2=CC=C3C=CCCC3C2)CC1. The van der Waals surface area contributed by atoms with Gasteiger partial charge in [-0.1, -0.05) is 78.9 Å². The third kappa shape index (κ3) is 3.30. The second-order valence-corrected chi connectivity index (χ2v) is 10.6.